The second-order valence-corrected chi connectivity index (χ2v) is 8.85. The predicted octanol–water partition coefficient (Wildman–Crippen LogP) is 4.07. The smallest absolute Gasteiger partial charge is 0.328 e. The molecule has 0 fully saturated rings. The van der Waals surface area contributed by atoms with Crippen molar-refractivity contribution >= 4 is 24.1 Å². The summed E-state index contributed by atoms with van der Waals surface area (Å²) in [7, 11) is 0. The van der Waals surface area contributed by atoms with Gasteiger partial charge in [-0.25, -0.2) is 14.2 Å². The number of hydrogen-bond donors (Lipinski definition) is 1. The molecule has 10 heteroatoms. The van der Waals surface area contributed by atoms with E-state index in [1.54, 1.807) is 19.1 Å². The molecular formula is C29H29FN2O7. The Balaban J connectivity index is 1.76. The predicted molar refractivity (Wildman–Crippen MR) is 139 cm³/mol. The van der Waals surface area contributed by atoms with Crippen molar-refractivity contribution in [2.75, 3.05) is 0 Å². The average molecular weight is 537 g/mol. The number of nitrogens with one attached hydrogen (secondary N) is 1. The third-order valence-electron chi connectivity index (χ3n) is 5.66. The van der Waals surface area contributed by atoms with Crippen LogP contribution in [0.25, 0.3) is 0 Å². The molecule has 1 N–H and O–H groups in total. The number of rotatable bonds is 11. The van der Waals surface area contributed by atoms with Gasteiger partial charge in [-0.2, -0.15) is 0 Å². The van der Waals surface area contributed by atoms with Crippen LogP contribution in [0.4, 0.5) is 4.39 Å². The van der Waals surface area contributed by atoms with Crippen LogP contribution in [-0.4, -0.2) is 41.3 Å². The maximum Gasteiger partial charge on any atom is 0.328 e. The van der Waals surface area contributed by atoms with E-state index < -0.39 is 41.9 Å². The number of aromatic nitrogens is 1. The van der Waals surface area contributed by atoms with E-state index in [0.29, 0.717) is 23.2 Å². The zero-order chi connectivity index (χ0) is 28.5. The monoisotopic (exact) mass is 536 g/mol. The molecule has 0 saturated heterocycles. The third-order valence-corrected chi connectivity index (χ3v) is 5.66. The molecule has 39 heavy (non-hydrogen) atoms. The van der Waals surface area contributed by atoms with Gasteiger partial charge in [-0.15, -0.1) is 0 Å². The first-order valence-electron chi connectivity index (χ1n) is 12.2. The number of aryl methyl sites for hydroxylation is 1. The number of carbonyl (C=O) groups is 4. The topological polar surface area (TPSA) is 121 Å². The van der Waals surface area contributed by atoms with Gasteiger partial charge in [0.25, 0.3) is 5.91 Å². The molecule has 0 bridgehead atoms. The average Bonchev–Trinajstić information content (AvgIpc) is 2.89. The molecule has 1 amide bonds. The minimum Gasteiger partial charge on any atom is -0.482 e. The van der Waals surface area contributed by atoms with Crippen LogP contribution in [0.3, 0.4) is 0 Å². The summed E-state index contributed by atoms with van der Waals surface area (Å²) in [6.45, 7) is 6.13. The van der Waals surface area contributed by atoms with Crippen molar-refractivity contribution in [3.63, 3.8) is 0 Å². The van der Waals surface area contributed by atoms with Crippen molar-refractivity contribution < 1.29 is 37.8 Å². The van der Waals surface area contributed by atoms with Gasteiger partial charge in [-0.05, 0) is 56.7 Å². The number of hydrogen-bond acceptors (Lipinski definition) is 8. The van der Waals surface area contributed by atoms with E-state index in [1.165, 1.54) is 43.5 Å². The normalized spacial score (nSPS) is 12.9. The largest absolute Gasteiger partial charge is 0.482 e. The molecule has 204 valence electrons. The van der Waals surface area contributed by atoms with Crippen molar-refractivity contribution in [1.29, 1.82) is 0 Å². The zero-order valence-corrected chi connectivity index (χ0v) is 22.0. The second-order valence-electron chi connectivity index (χ2n) is 8.85. The standard InChI is InChI=1S/C29H29FN2O7/c1-17-5-11-24(12-6-17)39-26(21-7-9-23(30)10-8-21)19(3)37-29(36)18(2)32-28(35)25-27(38-20(4)34)22(14-16-33)13-15-31-25/h5-13,15-16,18-19,26H,14H2,1-4H3,(H,32,35)/t18-,19?,26?/m0/s1. The molecule has 9 nitrogen and oxygen atoms in total. The van der Waals surface area contributed by atoms with Crippen LogP contribution in [0, 0.1) is 12.7 Å². The fraction of sp³-hybridized carbons (Fsp3) is 0.276. The summed E-state index contributed by atoms with van der Waals surface area (Å²) in [5.74, 6) is -2.33. The Morgan fingerprint density at radius 2 is 1.69 bits per heavy atom. The molecule has 0 aliphatic carbocycles. The first-order chi connectivity index (χ1) is 18.6. The van der Waals surface area contributed by atoms with Crippen molar-refractivity contribution in [3.05, 3.63) is 89.0 Å². The summed E-state index contributed by atoms with van der Waals surface area (Å²) >= 11 is 0. The maximum atomic E-state index is 13.5. The van der Waals surface area contributed by atoms with Gasteiger partial charge in [0.1, 0.15) is 30.0 Å². The number of pyridine rings is 1. The summed E-state index contributed by atoms with van der Waals surface area (Å²) in [5.41, 5.74) is 1.65. The van der Waals surface area contributed by atoms with Gasteiger partial charge < -0.3 is 24.3 Å². The fourth-order valence-electron chi connectivity index (χ4n) is 3.68. The van der Waals surface area contributed by atoms with Crippen molar-refractivity contribution in [3.8, 4) is 11.5 Å². The number of benzene rings is 2. The lowest BCUT2D eigenvalue weighted by Gasteiger charge is -2.27. The van der Waals surface area contributed by atoms with Crippen LogP contribution in [0.1, 0.15) is 54.1 Å². The highest BCUT2D eigenvalue weighted by Crippen LogP contribution is 2.28. The highest BCUT2D eigenvalue weighted by molar-refractivity contribution is 5.98. The minimum atomic E-state index is -1.13. The zero-order valence-electron chi connectivity index (χ0n) is 22.0. The second kappa shape index (κ2) is 13.3. The van der Waals surface area contributed by atoms with E-state index >= 15 is 0 Å². The van der Waals surface area contributed by atoms with Crippen LogP contribution >= 0.6 is 0 Å². The summed E-state index contributed by atoms with van der Waals surface area (Å²) in [4.78, 5) is 52.4. The minimum absolute atomic E-state index is 0.105. The summed E-state index contributed by atoms with van der Waals surface area (Å²) in [5, 5.41) is 2.48. The van der Waals surface area contributed by atoms with E-state index in [0.717, 1.165) is 12.5 Å². The number of amides is 1. The Morgan fingerprint density at radius 1 is 1.03 bits per heavy atom. The number of aldehydes is 1. The highest BCUT2D eigenvalue weighted by Gasteiger charge is 2.29. The molecule has 0 spiro atoms. The van der Waals surface area contributed by atoms with Gasteiger partial charge in [0.05, 0.1) is 0 Å². The number of ether oxygens (including phenoxy) is 3. The molecule has 0 aliphatic rings. The molecule has 2 aromatic carbocycles. The lowest BCUT2D eigenvalue weighted by atomic mass is 10.0. The maximum absolute atomic E-state index is 13.5. The fourth-order valence-corrected chi connectivity index (χ4v) is 3.68. The van der Waals surface area contributed by atoms with Gasteiger partial charge in [-0.3, -0.25) is 9.59 Å². The molecule has 1 aromatic heterocycles. The van der Waals surface area contributed by atoms with E-state index in [4.69, 9.17) is 14.2 Å². The molecule has 0 aliphatic heterocycles. The molecule has 1 heterocycles. The van der Waals surface area contributed by atoms with E-state index in [2.05, 4.69) is 10.3 Å². The Labute approximate surface area is 225 Å². The number of carbonyl (C=O) groups excluding carboxylic acids is 4. The Hall–Kier alpha value is -4.60. The van der Waals surface area contributed by atoms with Crippen LogP contribution < -0.4 is 14.8 Å². The van der Waals surface area contributed by atoms with E-state index in [1.807, 2.05) is 19.1 Å². The Morgan fingerprint density at radius 3 is 2.31 bits per heavy atom. The molecule has 0 radical (unpaired) electrons. The number of nitrogens with zero attached hydrogens (tertiary/aromatic N) is 1. The lowest BCUT2D eigenvalue weighted by Crippen LogP contribution is -2.42. The first kappa shape index (κ1) is 29.0. The quantitative estimate of drug-likeness (QED) is 0.288. The third kappa shape index (κ3) is 7.94. The Kier molecular flexibility index (Phi) is 9.86. The number of halogens is 1. The SMILES string of the molecule is CC(=O)Oc1c(CC=O)ccnc1C(=O)N[C@@H](C)C(=O)OC(C)C(Oc1ccc(C)cc1)c1ccc(F)cc1. The Bertz CT molecular complexity index is 1330. The molecule has 3 aromatic rings. The van der Waals surface area contributed by atoms with Gasteiger partial charge >= 0.3 is 11.9 Å². The first-order valence-corrected chi connectivity index (χ1v) is 12.2. The summed E-state index contributed by atoms with van der Waals surface area (Å²) < 4.78 is 30.4. The van der Waals surface area contributed by atoms with Gasteiger partial charge in [0, 0.05) is 25.1 Å². The van der Waals surface area contributed by atoms with E-state index in [-0.39, 0.29) is 17.9 Å². The molecule has 3 atom stereocenters. The number of esters is 2. The summed E-state index contributed by atoms with van der Waals surface area (Å²) in [6.07, 6.45) is 0.168. The van der Waals surface area contributed by atoms with Crippen molar-refractivity contribution in [1.82, 2.24) is 10.3 Å². The summed E-state index contributed by atoms with van der Waals surface area (Å²) in [6, 6.07) is 13.3. The molecule has 3 rings (SSSR count). The highest BCUT2D eigenvalue weighted by atomic mass is 19.1. The van der Waals surface area contributed by atoms with Gasteiger partial charge in [0.15, 0.2) is 17.5 Å². The van der Waals surface area contributed by atoms with Crippen LogP contribution in [0.5, 0.6) is 11.5 Å². The van der Waals surface area contributed by atoms with Crippen molar-refractivity contribution in [2.24, 2.45) is 0 Å². The van der Waals surface area contributed by atoms with Crippen LogP contribution in [-0.2, 0) is 25.5 Å². The lowest BCUT2D eigenvalue weighted by molar-refractivity contribution is -0.154. The van der Waals surface area contributed by atoms with Crippen LogP contribution in [0.15, 0.2) is 60.8 Å². The molecule has 2 unspecified atom stereocenters. The van der Waals surface area contributed by atoms with Crippen molar-refractivity contribution in [2.45, 2.75) is 52.4 Å². The van der Waals surface area contributed by atoms with Gasteiger partial charge in [0.2, 0.25) is 0 Å². The van der Waals surface area contributed by atoms with Crippen LogP contribution in [0.2, 0.25) is 0 Å². The van der Waals surface area contributed by atoms with Gasteiger partial charge in [-0.1, -0.05) is 29.8 Å². The molecular weight excluding hydrogens is 507 g/mol. The van der Waals surface area contributed by atoms with E-state index in [9.17, 15) is 23.6 Å². The molecule has 0 saturated carbocycles.